The number of aryl methyl sites for hydroxylation is 1. The molecule has 4 rings (SSSR count). The summed E-state index contributed by atoms with van der Waals surface area (Å²) in [4.78, 5) is 30.8. The Morgan fingerprint density at radius 2 is 1.87 bits per heavy atom. The van der Waals surface area contributed by atoms with Crippen LogP contribution in [0.3, 0.4) is 0 Å². The second kappa shape index (κ2) is 12.6. The average Bonchev–Trinajstić information content (AvgIpc) is 2.92. The summed E-state index contributed by atoms with van der Waals surface area (Å²) in [6, 6.07) is 16.4. The molecule has 1 N–H and O–H groups in total. The van der Waals surface area contributed by atoms with E-state index in [2.05, 4.69) is 42.3 Å². The van der Waals surface area contributed by atoms with Crippen molar-refractivity contribution in [2.75, 3.05) is 19.0 Å². The van der Waals surface area contributed by atoms with Crippen molar-refractivity contribution in [1.29, 1.82) is 0 Å². The molecule has 4 aromatic rings. The van der Waals surface area contributed by atoms with Crippen molar-refractivity contribution in [1.82, 2.24) is 9.66 Å². The van der Waals surface area contributed by atoms with Crippen molar-refractivity contribution in [3.8, 4) is 11.5 Å². The molecule has 0 bridgehead atoms. The first-order valence-corrected chi connectivity index (χ1v) is 13.9. The van der Waals surface area contributed by atoms with Gasteiger partial charge in [-0.3, -0.25) is 9.59 Å². The second-order valence-corrected chi connectivity index (χ2v) is 10.9. The number of carbonyl (C=O) groups is 1. The Morgan fingerprint density at radius 3 is 2.56 bits per heavy atom. The minimum atomic E-state index is -0.328. The molecule has 39 heavy (non-hydrogen) atoms. The van der Waals surface area contributed by atoms with Crippen molar-refractivity contribution in [2.45, 2.75) is 33.1 Å². The van der Waals surface area contributed by atoms with Crippen molar-refractivity contribution >= 4 is 60.6 Å². The summed E-state index contributed by atoms with van der Waals surface area (Å²) >= 11 is 6.92. The summed E-state index contributed by atoms with van der Waals surface area (Å²) in [5.74, 6) is 0.935. The van der Waals surface area contributed by atoms with Crippen LogP contribution in [-0.4, -0.2) is 35.5 Å². The van der Waals surface area contributed by atoms with Gasteiger partial charge in [0.25, 0.3) is 11.5 Å². The molecule has 1 aromatic heterocycles. The van der Waals surface area contributed by atoms with E-state index in [0.717, 1.165) is 16.5 Å². The Bertz CT molecular complexity index is 1600. The maximum Gasteiger partial charge on any atom is 0.282 e. The third-order valence-electron chi connectivity index (χ3n) is 6.15. The summed E-state index contributed by atoms with van der Waals surface area (Å²) in [6.45, 7) is 5.76. The van der Waals surface area contributed by atoms with Crippen molar-refractivity contribution in [2.24, 2.45) is 5.10 Å². The molecule has 1 atom stereocenters. The Labute approximate surface area is 243 Å². The first-order chi connectivity index (χ1) is 18.7. The number of rotatable bonds is 9. The number of hydrogen-bond acceptors (Lipinski definition) is 6. The van der Waals surface area contributed by atoms with Gasteiger partial charge in [0.05, 0.1) is 24.2 Å². The topological polar surface area (TPSA) is 94.8 Å². The van der Waals surface area contributed by atoms with Gasteiger partial charge in [0, 0.05) is 26.1 Å². The molecule has 1 heterocycles. The number of nitrogens with one attached hydrogen (secondary N) is 1. The van der Waals surface area contributed by atoms with E-state index in [-0.39, 0.29) is 24.0 Å². The third kappa shape index (κ3) is 6.75. The number of benzene rings is 3. The summed E-state index contributed by atoms with van der Waals surface area (Å²) in [5, 5.41) is 7.81. The number of fused-ring (bicyclic) bond motifs is 1. The molecule has 0 fully saturated rings. The molecule has 0 radical (unpaired) electrons. The van der Waals surface area contributed by atoms with Gasteiger partial charge in [0.15, 0.2) is 18.1 Å². The molecule has 8 nitrogen and oxygen atoms in total. The molecule has 1 amide bonds. The van der Waals surface area contributed by atoms with E-state index >= 15 is 0 Å². The minimum Gasteiger partial charge on any atom is -0.493 e. The number of nitrogens with zero attached hydrogens (tertiary/aromatic N) is 3. The maximum atomic E-state index is 13.5. The Hall–Kier alpha value is -3.50. The van der Waals surface area contributed by atoms with Crippen LogP contribution in [-0.2, 0) is 4.79 Å². The lowest BCUT2D eigenvalue weighted by Crippen LogP contribution is -2.24. The lowest BCUT2D eigenvalue weighted by Gasteiger charge is -2.15. The van der Waals surface area contributed by atoms with Gasteiger partial charge >= 0.3 is 0 Å². The van der Waals surface area contributed by atoms with Gasteiger partial charge in [0.2, 0.25) is 0 Å². The Kier molecular flexibility index (Phi) is 9.19. The number of carbonyl (C=O) groups excluding carboxylic acids is 1. The first-order valence-electron chi connectivity index (χ1n) is 12.3. The Morgan fingerprint density at radius 1 is 1.13 bits per heavy atom. The van der Waals surface area contributed by atoms with Crippen LogP contribution >= 0.6 is 31.9 Å². The lowest BCUT2D eigenvalue weighted by molar-refractivity contribution is -0.118. The van der Waals surface area contributed by atoms with Gasteiger partial charge in [-0.2, -0.15) is 9.78 Å². The average molecular weight is 656 g/mol. The molecule has 3 aromatic carbocycles. The van der Waals surface area contributed by atoms with E-state index in [0.29, 0.717) is 43.9 Å². The van der Waals surface area contributed by atoms with Crippen molar-refractivity contribution in [3.05, 3.63) is 90.8 Å². The van der Waals surface area contributed by atoms with E-state index in [1.54, 1.807) is 18.2 Å². The zero-order valence-electron chi connectivity index (χ0n) is 22.0. The van der Waals surface area contributed by atoms with E-state index in [1.165, 1.54) is 18.0 Å². The summed E-state index contributed by atoms with van der Waals surface area (Å²) < 4.78 is 14.3. The van der Waals surface area contributed by atoms with Gasteiger partial charge in [-0.1, -0.05) is 63.4 Å². The van der Waals surface area contributed by atoms with Crippen LogP contribution in [0, 0.1) is 6.92 Å². The molecule has 0 saturated carbocycles. The molecule has 202 valence electrons. The number of hydrogen-bond donors (Lipinski definition) is 1. The van der Waals surface area contributed by atoms with E-state index in [9.17, 15) is 9.59 Å². The first kappa shape index (κ1) is 28.5. The van der Waals surface area contributed by atoms with Gasteiger partial charge < -0.3 is 14.8 Å². The van der Waals surface area contributed by atoms with E-state index < -0.39 is 0 Å². The molecular weight excluding hydrogens is 628 g/mol. The van der Waals surface area contributed by atoms with Gasteiger partial charge in [0.1, 0.15) is 5.82 Å². The normalized spacial score (nSPS) is 12.1. The van der Waals surface area contributed by atoms with E-state index in [4.69, 9.17) is 14.5 Å². The van der Waals surface area contributed by atoms with Crippen LogP contribution < -0.4 is 20.3 Å². The summed E-state index contributed by atoms with van der Waals surface area (Å²) in [5.41, 5.74) is 2.61. The van der Waals surface area contributed by atoms with Gasteiger partial charge in [-0.15, -0.1) is 0 Å². The molecule has 0 aliphatic carbocycles. The lowest BCUT2D eigenvalue weighted by atomic mass is 10.1. The largest absolute Gasteiger partial charge is 0.493 e. The molecule has 10 heteroatoms. The van der Waals surface area contributed by atoms with Gasteiger partial charge in [-0.25, -0.2) is 4.98 Å². The number of methoxy groups -OCH3 is 1. The molecule has 0 unspecified atom stereocenters. The van der Waals surface area contributed by atoms with Crippen LogP contribution in [0.25, 0.3) is 10.9 Å². The van der Waals surface area contributed by atoms with Gasteiger partial charge in [-0.05, 0) is 55.8 Å². The van der Waals surface area contributed by atoms with Crippen LogP contribution in [0.2, 0.25) is 0 Å². The minimum absolute atomic E-state index is 0.0128. The smallest absolute Gasteiger partial charge is 0.282 e. The fourth-order valence-electron chi connectivity index (χ4n) is 3.86. The number of ether oxygens (including phenoxy) is 2. The SMILES string of the molecule is CC[C@@H](C)c1nc2ccc(Br)cc2c(=O)n1N=Cc1cc(Br)cc(OC)c1OCC(=O)Nc1ccc(C)cc1. The highest BCUT2D eigenvalue weighted by molar-refractivity contribution is 9.10. The fraction of sp³-hybridized carbons (Fsp3) is 0.241. The quantitative estimate of drug-likeness (QED) is 0.204. The predicted octanol–water partition coefficient (Wildman–Crippen LogP) is 6.65. The molecule has 0 aliphatic rings. The molecule has 0 spiro atoms. The molecule has 0 aliphatic heterocycles. The second-order valence-electron chi connectivity index (χ2n) is 9.03. The van der Waals surface area contributed by atoms with Crippen LogP contribution in [0.4, 0.5) is 5.69 Å². The predicted molar refractivity (Wildman–Crippen MR) is 161 cm³/mol. The number of aromatic nitrogens is 2. The number of halogens is 2. The van der Waals surface area contributed by atoms with Crippen molar-refractivity contribution in [3.63, 3.8) is 0 Å². The highest BCUT2D eigenvalue weighted by Crippen LogP contribution is 2.34. The fourth-order valence-corrected chi connectivity index (χ4v) is 4.68. The zero-order valence-corrected chi connectivity index (χ0v) is 25.2. The third-order valence-corrected chi connectivity index (χ3v) is 7.10. The summed E-state index contributed by atoms with van der Waals surface area (Å²) in [7, 11) is 1.51. The van der Waals surface area contributed by atoms with Crippen LogP contribution in [0.5, 0.6) is 11.5 Å². The highest BCUT2D eigenvalue weighted by Gasteiger charge is 2.17. The maximum absolute atomic E-state index is 13.5. The number of anilines is 1. The Balaban J connectivity index is 1.70. The highest BCUT2D eigenvalue weighted by atomic mass is 79.9. The summed E-state index contributed by atoms with van der Waals surface area (Å²) in [6.07, 6.45) is 2.29. The monoisotopic (exact) mass is 654 g/mol. The zero-order chi connectivity index (χ0) is 28.1. The van der Waals surface area contributed by atoms with Crippen molar-refractivity contribution < 1.29 is 14.3 Å². The van der Waals surface area contributed by atoms with E-state index in [1.807, 2.05) is 57.2 Å². The standard InChI is InChI=1S/C29H28Br2N4O4/c1-5-18(3)28-34-24-11-8-20(30)13-23(24)29(37)35(28)32-15-19-12-21(31)14-25(38-4)27(19)39-16-26(36)33-22-9-6-17(2)7-10-22/h6-15,18H,5,16H2,1-4H3,(H,33,36)/t18-/m1/s1. The van der Waals surface area contributed by atoms with Crippen LogP contribution in [0.15, 0.2) is 73.4 Å². The molecular formula is C29H28Br2N4O4. The number of amides is 1. The molecule has 0 saturated heterocycles. The van der Waals surface area contributed by atoms with Crippen LogP contribution in [0.1, 0.15) is 43.1 Å².